The number of unbranched alkanes of at least 4 members (excludes halogenated alkanes) is 4. The highest BCUT2D eigenvalue weighted by atomic mass is 127. The third-order valence-corrected chi connectivity index (χ3v) is 3.94. The lowest BCUT2D eigenvalue weighted by molar-refractivity contribution is -0.929. The van der Waals surface area contributed by atoms with Gasteiger partial charge >= 0.3 is 0 Å². The van der Waals surface area contributed by atoms with E-state index in [-0.39, 0.29) is 69.6 Å². The van der Waals surface area contributed by atoms with Crippen LogP contribution in [0.2, 0.25) is 0 Å². The Morgan fingerprint density at radius 3 is 0.818 bits per heavy atom. The average molecular weight is 494 g/mol. The molecule has 1 nitrogen and oxygen atoms in total. The van der Waals surface area contributed by atoms with E-state index in [2.05, 4.69) is 27.7 Å². The van der Waals surface area contributed by atoms with Crippen molar-refractivity contribution >= 4 is 69.6 Å². The van der Waals surface area contributed by atoms with Crippen LogP contribution in [0.5, 0.6) is 0 Å². The molecule has 0 N–H and O–H groups in total. The predicted molar refractivity (Wildman–Crippen MR) is 126 cm³/mol. The Kier molecular flexibility index (Phi) is 48.6. The quantitative estimate of drug-likeness (QED) is 0.186. The first-order valence-electron chi connectivity index (χ1n) is 8.09. The lowest BCUT2D eigenvalue weighted by atomic mass is 10.1. The first-order chi connectivity index (χ1) is 8.24. The van der Waals surface area contributed by atoms with Crippen molar-refractivity contribution in [3.63, 3.8) is 0 Å². The molecule has 0 rings (SSSR count). The minimum Gasteiger partial charge on any atom is -0.324 e. The summed E-state index contributed by atoms with van der Waals surface area (Å²) in [5, 5.41) is 0. The van der Waals surface area contributed by atoms with Crippen molar-refractivity contribution in [2.45, 2.75) is 79.1 Å². The van der Waals surface area contributed by atoms with Gasteiger partial charge in [-0.15, -0.1) is 61.2 Å². The normalized spacial score (nSPS) is 9.27. The monoisotopic (exact) mass is 492 g/mol. The first kappa shape index (κ1) is 38.9. The van der Waals surface area contributed by atoms with Gasteiger partial charge in [-0.2, -0.15) is 0 Å². The van der Waals surface area contributed by atoms with Gasteiger partial charge in [0.2, 0.25) is 0 Å². The van der Waals surface area contributed by atoms with E-state index in [1.807, 2.05) is 0 Å². The van der Waals surface area contributed by atoms with Crippen LogP contribution in [-0.2, 0) is 0 Å². The Morgan fingerprint density at radius 2 is 0.682 bits per heavy atom. The molecule has 22 heavy (non-hydrogen) atoms. The van der Waals surface area contributed by atoms with E-state index in [0.717, 1.165) is 0 Å². The molecule has 0 unspecified atom stereocenters. The molecule has 0 saturated carbocycles. The Labute approximate surface area is 178 Å². The van der Waals surface area contributed by atoms with Crippen LogP contribution < -0.4 is 0 Å². The van der Waals surface area contributed by atoms with Gasteiger partial charge in [0.1, 0.15) is 0 Å². The molecule has 0 aliphatic rings. The van der Waals surface area contributed by atoms with E-state index in [0.29, 0.717) is 0 Å². The van der Waals surface area contributed by atoms with Crippen molar-refractivity contribution in [1.29, 1.82) is 0 Å². The molecular weight excluding hydrogens is 450 g/mol. The van der Waals surface area contributed by atoms with Crippen molar-refractivity contribution in [2.75, 3.05) is 26.2 Å². The smallest absolute Gasteiger partial charge is 0.0814 e. The highest BCUT2D eigenvalue weighted by Crippen LogP contribution is 2.16. The topological polar surface area (TPSA) is 0 Å². The van der Waals surface area contributed by atoms with Gasteiger partial charge in [0, 0.05) is 0 Å². The van der Waals surface area contributed by atoms with Gasteiger partial charge in [0.05, 0.1) is 34.6 Å². The third kappa shape index (κ3) is 19.7. The largest absolute Gasteiger partial charge is 0.324 e. The maximum absolute atomic E-state index is 2.33. The molecule has 142 valence electrons. The molecule has 0 heterocycles. The number of nitrogens with zero attached hydrogens (tertiary/aromatic N) is 1. The SMILES string of the molecule is B.CCCC[N+](CCCC)(CCCC)CCCC.Cl.Cl.Cl.I. The fourth-order valence-electron chi connectivity index (χ4n) is 2.64. The van der Waals surface area contributed by atoms with Gasteiger partial charge in [0.25, 0.3) is 0 Å². The Bertz CT molecular complexity index is 140. The van der Waals surface area contributed by atoms with E-state index >= 15 is 0 Å². The van der Waals surface area contributed by atoms with E-state index in [4.69, 9.17) is 0 Å². The van der Waals surface area contributed by atoms with Gasteiger partial charge in [-0.25, -0.2) is 0 Å². The molecular formula is C16H43BCl3IN+. The molecule has 6 heteroatoms. The maximum atomic E-state index is 2.33. The number of hydrogen-bond acceptors (Lipinski definition) is 0. The zero-order valence-corrected chi connectivity index (χ0v) is 19.3. The molecule has 0 aliphatic carbocycles. The van der Waals surface area contributed by atoms with E-state index in [1.54, 1.807) is 0 Å². The second kappa shape index (κ2) is 27.5. The molecule has 0 saturated heterocycles. The molecule has 0 spiro atoms. The first-order valence-corrected chi connectivity index (χ1v) is 8.09. The third-order valence-electron chi connectivity index (χ3n) is 3.94. The van der Waals surface area contributed by atoms with Crippen LogP contribution in [0.25, 0.3) is 0 Å². The maximum Gasteiger partial charge on any atom is 0.0814 e. The van der Waals surface area contributed by atoms with Gasteiger partial charge < -0.3 is 4.48 Å². The number of halogens is 4. The van der Waals surface area contributed by atoms with E-state index < -0.39 is 0 Å². The zero-order chi connectivity index (χ0) is 13.0. The fourth-order valence-corrected chi connectivity index (χ4v) is 2.64. The molecule has 0 aliphatic heterocycles. The molecule has 0 aromatic heterocycles. The number of quaternary nitrogens is 1. The summed E-state index contributed by atoms with van der Waals surface area (Å²) < 4.78 is 1.42. The van der Waals surface area contributed by atoms with Crippen LogP contribution in [0.3, 0.4) is 0 Å². The van der Waals surface area contributed by atoms with Crippen molar-refractivity contribution < 1.29 is 4.48 Å². The lowest BCUT2D eigenvalue weighted by Gasteiger charge is -2.39. The summed E-state index contributed by atoms with van der Waals surface area (Å²) in [7, 11) is 0. The molecule has 0 atom stereocenters. The van der Waals surface area contributed by atoms with Gasteiger partial charge in [-0.1, -0.05) is 53.4 Å². The van der Waals surface area contributed by atoms with Crippen LogP contribution in [0.1, 0.15) is 79.1 Å². The van der Waals surface area contributed by atoms with E-state index in [1.165, 1.54) is 82.0 Å². The predicted octanol–water partition coefficient (Wildman–Crippen LogP) is 5.70. The fraction of sp³-hybridized carbons (Fsp3) is 1.00. The zero-order valence-electron chi connectivity index (χ0n) is 14.6. The van der Waals surface area contributed by atoms with Crippen molar-refractivity contribution in [3.8, 4) is 0 Å². The molecule has 0 fully saturated rings. The van der Waals surface area contributed by atoms with Gasteiger partial charge in [-0.05, 0) is 25.7 Å². The van der Waals surface area contributed by atoms with Crippen LogP contribution >= 0.6 is 61.2 Å². The summed E-state index contributed by atoms with van der Waals surface area (Å²) in [5.41, 5.74) is 0. The Hall–Kier alpha value is 1.62. The molecule has 0 aromatic rings. The summed E-state index contributed by atoms with van der Waals surface area (Å²) >= 11 is 0. The minimum absolute atomic E-state index is 0. The summed E-state index contributed by atoms with van der Waals surface area (Å²) in [6, 6.07) is 0. The molecule has 0 amide bonds. The van der Waals surface area contributed by atoms with Crippen molar-refractivity contribution in [1.82, 2.24) is 0 Å². The Morgan fingerprint density at radius 1 is 0.500 bits per heavy atom. The summed E-state index contributed by atoms with van der Waals surface area (Å²) in [5.74, 6) is 0. The average Bonchev–Trinajstić information content (AvgIpc) is 2.37. The summed E-state index contributed by atoms with van der Waals surface area (Å²) in [6.45, 7) is 15.0. The van der Waals surface area contributed by atoms with Crippen LogP contribution in [-0.4, -0.2) is 39.1 Å². The molecule has 0 aromatic carbocycles. The summed E-state index contributed by atoms with van der Waals surface area (Å²) in [6.07, 6.45) is 11.1. The van der Waals surface area contributed by atoms with Crippen LogP contribution in [0.15, 0.2) is 0 Å². The standard InChI is InChI=1S/C16H36N.BH3.3ClH.HI/c1-5-9-13-17(14-10-6-2,15-11-7-3)16-12-8-4;;;;;/h5-16H2,1-4H3;1H3;4*1H/q+1;;;;;. The highest BCUT2D eigenvalue weighted by molar-refractivity contribution is 14.0. The number of hydrogen-bond donors (Lipinski definition) is 0. The van der Waals surface area contributed by atoms with Crippen LogP contribution in [0, 0.1) is 0 Å². The van der Waals surface area contributed by atoms with Crippen molar-refractivity contribution in [3.05, 3.63) is 0 Å². The van der Waals surface area contributed by atoms with E-state index in [9.17, 15) is 0 Å². The van der Waals surface area contributed by atoms with Crippen LogP contribution in [0.4, 0.5) is 0 Å². The van der Waals surface area contributed by atoms with Gasteiger partial charge in [-0.3, -0.25) is 0 Å². The summed E-state index contributed by atoms with van der Waals surface area (Å²) in [4.78, 5) is 0. The molecule has 0 bridgehead atoms. The van der Waals surface area contributed by atoms with Crippen molar-refractivity contribution in [2.24, 2.45) is 0 Å². The molecule has 0 radical (unpaired) electrons. The second-order valence-corrected chi connectivity index (χ2v) is 5.65. The highest BCUT2D eigenvalue weighted by Gasteiger charge is 2.24. The minimum atomic E-state index is 0. The second-order valence-electron chi connectivity index (χ2n) is 5.65. The number of rotatable bonds is 12. The lowest BCUT2D eigenvalue weighted by Crippen LogP contribution is -2.50. The van der Waals surface area contributed by atoms with Gasteiger partial charge in [0.15, 0.2) is 0 Å². The Balaban J connectivity index is -0.000000128.